The van der Waals surface area contributed by atoms with Crippen molar-refractivity contribution in [2.75, 3.05) is 0 Å². The van der Waals surface area contributed by atoms with Gasteiger partial charge in [0.2, 0.25) is 0 Å². The second kappa shape index (κ2) is 23.3. The number of benzene rings is 4. The first-order valence-electron chi connectivity index (χ1n) is 15.4. The molecule has 1 N–H and O–H groups in total. The van der Waals surface area contributed by atoms with E-state index in [0.29, 0.717) is 0 Å². The van der Waals surface area contributed by atoms with Crippen molar-refractivity contribution in [1.82, 2.24) is 0 Å². The smallest absolute Gasteiger partial charge is 1.00 e. The van der Waals surface area contributed by atoms with Gasteiger partial charge in [-0.05, 0) is 12.8 Å². The van der Waals surface area contributed by atoms with Gasteiger partial charge >= 0.3 is 25.8 Å². The Kier molecular flexibility index (Phi) is 21.1. The van der Waals surface area contributed by atoms with E-state index in [9.17, 15) is 4.79 Å². The Labute approximate surface area is 298 Å². The number of carbonyl (C=O) groups is 1. The van der Waals surface area contributed by atoms with Crippen molar-refractivity contribution in [3.8, 4) is 0 Å². The Morgan fingerprint density at radius 3 is 1.27 bits per heavy atom. The van der Waals surface area contributed by atoms with Crippen LogP contribution in [0.25, 0.3) is 27.3 Å². The fourth-order valence-electron chi connectivity index (χ4n) is 5.54. The molecule has 1 saturated carbocycles. The molecule has 1 fully saturated rings. The van der Waals surface area contributed by atoms with Crippen LogP contribution in [-0.4, -0.2) is 15.4 Å². The van der Waals surface area contributed by atoms with Gasteiger partial charge < -0.3 is 35.3 Å². The van der Waals surface area contributed by atoms with Gasteiger partial charge in [-0.1, -0.05) is 165 Å². The maximum Gasteiger partial charge on any atom is 4.00 e. The van der Waals surface area contributed by atoms with Crippen molar-refractivity contribution in [2.45, 2.75) is 70.6 Å². The third-order valence-electron chi connectivity index (χ3n) is 7.83. The Bertz CT molecular complexity index is 1350. The number of hydrogen-bond acceptors (Lipinski definition) is 1. The zero-order valence-electron chi connectivity index (χ0n) is 25.5. The summed E-state index contributed by atoms with van der Waals surface area (Å²) < 4.78 is 0. The van der Waals surface area contributed by atoms with Gasteiger partial charge in [0.1, 0.15) is 9.52 Å². The molecule has 6 heteroatoms. The van der Waals surface area contributed by atoms with Crippen LogP contribution in [0.15, 0.2) is 115 Å². The molecule has 0 unspecified atom stereocenters. The fourth-order valence-corrected chi connectivity index (χ4v) is 6.59. The minimum atomic E-state index is -0.327. The number of amides is 1. The Hall–Kier alpha value is -2.11. The standard InChI is InChI=1S/C13H25NO.C13H9.C12H10Si.2ClH.Hf/c14-13(15)12-10-8-6-4-2-1-3-5-7-9-11-12;1-3-7-12-10(5-1)9-11-6-2-4-8-13(11)12;1-3-7-11(8-4-1)13-12-9-5-2-6-10-12;;;/h12H,1-11H2,(H2,14,15);1-9H;1-10H;2*1H;/q;-1;;;;+4/p-3. The van der Waals surface area contributed by atoms with Crippen LogP contribution in [0, 0.1) is 5.92 Å². The van der Waals surface area contributed by atoms with Crippen molar-refractivity contribution in [3.63, 3.8) is 0 Å². The third-order valence-corrected chi connectivity index (χ3v) is 9.08. The molecule has 6 rings (SSSR count). The second-order valence-corrected chi connectivity index (χ2v) is 12.4. The molecule has 0 aliphatic heterocycles. The normalized spacial score (nSPS) is 13.9. The number of fused-ring (bicyclic) bond motifs is 3. The average molecular weight is 807 g/mol. The maximum atomic E-state index is 11.1. The van der Waals surface area contributed by atoms with E-state index in [2.05, 4.69) is 115 Å². The summed E-state index contributed by atoms with van der Waals surface area (Å²) in [7, 11) is 0.777. The number of rotatable bonds is 3. The van der Waals surface area contributed by atoms with Crippen LogP contribution < -0.4 is 35.2 Å². The van der Waals surface area contributed by atoms with Crippen molar-refractivity contribution in [3.05, 3.63) is 121 Å². The molecule has 0 saturated heterocycles. The largest absolute Gasteiger partial charge is 4.00 e. The van der Waals surface area contributed by atoms with Crippen LogP contribution in [0.2, 0.25) is 0 Å². The van der Waals surface area contributed by atoms with E-state index in [1.165, 1.54) is 76.9 Å². The monoisotopic (exact) mass is 807 g/mol. The first kappa shape index (κ1) is 39.9. The first-order chi connectivity index (χ1) is 20.2. The van der Waals surface area contributed by atoms with Crippen LogP contribution in [0.1, 0.15) is 70.6 Å². The van der Waals surface area contributed by atoms with E-state index < -0.39 is 0 Å². The second-order valence-electron chi connectivity index (χ2n) is 11.0. The SMILES string of the molecule is [Cl-].[Cl-].[Hf+4].[NH-]C(=O)C1CCCCCCCCCCC1.c1ccc([Si]c2ccccc2)cc1.c1ccc2c(c1)[cH-]c1ccccc12. The molecule has 44 heavy (non-hydrogen) atoms. The summed E-state index contributed by atoms with van der Waals surface area (Å²) in [5.41, 5.74) is 7.23. The minimum Gasteiger partial charge on any atom is -1.00 e. The molecule has 0 spiro atoms. The molecule has 1 aliphatic carbocycles. The van der Waals surface area contributed by atoms with E-state index >= 15 is 0 Å². The average Bonchev–Trinajstić information content (AvgIpc) is 3.38. The molecule has 1 amide bonds. The zero-order chi connectivity index (χ0) is 28.5. The molecule has 1 aliphatic rings. The zero-order valence-corrected chi connectivity index (χ0v) is 31.6. The molecular formula is C38H43Cl2HfNOSi. The molecule has 2 nitrogen and oxygen atoms in total. The summed E-state index contributed by atoms with van der Waals surface area (Å²) in [6.07, 6.45) is 13.5. The van der Waals surface area contributed by atoms with Crippen molar-refractivity contribution >= 4 is 47.3 Å². The Morgan fingerprint density at radius 2 is 0.886 bits per heavy atom. The van der Waals surface area contributed by atoms with E-state index in [1.807, 2.05) is 0 Å². The van der Waals surface area contributed by atoms with Gasteiger partial charge in [-0.25, -0.2) is 0 Å². The van der Waals surface area contributed by atoms with Gasteiger partial charge in [-0.15, -0.1) is 39.7 Å². The Balaban J connectivity index is 0.000000320. The van der Waals surface area contributed by atoms with Crippen molar-refractivity contribution in [1.29, 1.82) is 0 Å². The van der Waals surface area contributed by atoms with Crippen LogP contribution in [-0.2, 0) is 30.6 Å². The van der Waals surface area contributed by atoms with Crippen LogP contribution >= 0.6 is 0 Å². The third kappa shape index (κ3) is 13.9. The van der Waals surface area contributed by atoms with Gasteiger partial charge in [0, 0.05) is 5.92 Å². The van der Waals surface area contributed by atoms with E-state index in [4.69, 9.17) is 5.73 Å². The number of hydrogen-bond donors (Lipinski definition) is 0. The molecule has 0 atom stereocenters. The van der Waals surface area contributed by atoms with Crippen LogP contribution in [0.5, 0.6) is 0 Å². The van der Waals surface area contributed by atoms with Gasteiger partial charge in [-0.3, -0.25) is 0 Å². The van der Waals surface area contributed by atoms with E-state index in [0.717, 1.165) is 35.2 Å². The summed E-state index contributed by atoms with van der Waals surface area (Å²) in [6.45, 7) is 0. The summed E-state index contributed by atoms with van der Waals surface area (Å²) >= 11 is 0. The predicted molar refractivity (Wildman–Crippen MR) is 179 cm³/mol. The maximum absolute atomic E-state index is 11.1. The summed E-state index contributed by atoms with van der Waals surface area (Å²) in [5, 5.41) is 8.19. The molecule has 2 radical (unpaired) electrons. The van der Waals surface area contributed by atoms with Gasteiger partial charge in [0.15, 0.2) is 0 Å². The number of halogens is 2. The molecule has 5 aromatic carbocycles. The molecule has 0 heterocycles. The van der Waals surface area contributed by atoms with Crippen molar-refractivity contribution in [2.24, 2.45) is 5.92 Å². The van der Waals surface area contributed by atoms with Crippen LogP contribution in [0.4, 0.5) is 0 Å². The van der Waals surface area contributed by atoms with Gasteiger partial charge in [0.25, 0.3) is 0 Å². The molecular weight excluding hydrogens is 764 g/mol. The number of nitrogens with one attached hydrogen (secondary N) is 1. The van der Waals surface area contributed by atoms with E-state index in [1.54, 1.807) is 0 Å². The molecule has 5 aromatic rings. The molecule has 0 bridgehead atoms. The fraction of sp³-hybridized carbons (Fsp3) is 0.316. The van der Waals surface area contributed by atoms with E-state index in [-0.39, 0.29) is 62.5 Å². The Morgan fingerprint density at radius 1 is 0.545 bits per heavy atom. The summed E-state index contributed by atoms with van der Waals surface area (Å²) in [5.74, 6) is -0.281. The van der Waals surface area contributed by atoms with Gasteiger partial charge in [0.05, 0.1) is 5.91 Å². The summed E-state index contributed by atoms with van der Waals surface area (Å²) in [6, 6.07) is 40.4. The predicted octanol–water partition coefficient (Wildman–Crippen LogP) is 3.55. The quantitative estimate of drug-likeness (QED) is 0.204. The van der Waals surface area contributed by atoms with Gasteiger partial charge in [-0.2, -0.15) is 0 Å². The topological polar surface area (TPSA) is 40.9 Å². The number of carbonyl (C=O) groups excluding carboxylic acids is 1. The molecule has 0 aromatic heterocycles. The van der Waals surface area contributed by atoms with Crippen LogP contribution in [0.3, 0.4) is 0 Å². The summed E-state index contributed by atoms with van der Waals surface area (Å²) in [4.78, 5) is 11.1. The molecule has 228 valence electrons. The minimum absolute atomic E-state index is 0. The first-order valence-corrected chi connectivity index (χ1v) is 16.4. The van der Waals surface area contributed by atoms with Crippen molar-refractivity contribution < 1.29 is 55.5 Å².